The molecule has 0 fully saturated rings. The zero-order chi connectivity index (χ0) is 19.5. The Bertz CT molecular complexity index is 987. The lowest BCUT2D eigenvalue weighted by Gasteiger charge is -2.30. The van der Waals surface area contributed by atoms with Crippen molar-refractivity contribution in [2.45, 2.75) is 33.2 Å². The monoisotopic (exact) mass is 379 g/mol. The van der Waals surface area contributed by atoms with Crippen LogP contribution < -0.4 is 5.32 Å². The van der Waals surface area contributed by atoms with Gasteiger partial charge in [-0.2, -0.15) is 4.98 Å². The SMILES string of the molecule is CCCNC(=O)N1CCc2c(cnc(C)c2-c2noc(-c3cnccn3)n2)C1. The first-order valence-electron chi connectivity index (χ1n) is 9.28. The molecule has 4 rings (SSSR count). The predicted molar refractivity (Wildman–Crippen MR) is 101 cm³/mol. The molecule has 3 aromatic rings. The Kier molecular flexibility index (Phi) is 4.96. The van der Waals surface area contributed by atoms with E-state index in [1.54, 1.807) is 23.5 Å². The van der Waals surface area contributed by atoms with Crippen molar-refractivity contribution >= 4 is 6.03 Å². The number of aromatic nitrogens is 5. The lowest BCUT2D eigenvalue weighted by molar-refractivity contribution is 0.192. The molecule has 4 heterocycles. The number of aryl methyl sites for hydroxylation is 1. The van der Waals surface area contributed by atoms with E-state index >= 15 is 0 Å². The second kappa shape index (κ2) is 7.71. The van der Waals surface area contributed by atoms with Crippen molar-refractivity contribution in [3.63, 3.8) is 0 Å². The number of fused-ring (bicyclic) bond motifs is 1. The van der Waals surface area contributed by atoms with Crippen LogP contribution in [0.4, 0.5) is 4.79 Å². The van der Waals surface area contributed by atoms with E-state index in [0.29, 0.717) is 43.5 Å². The number of nitrogens with zero attached hydrogens (tertiary/aromatic N) is 6. The Morgan fingerprint density at radius 3 is 2.96 bits per heavy atom. The quantitative estimate of drug-likeness (QED) is 0.741. The molecule has 0 unspecified atom stereocenters. The first-order valence-corrected chi connectivity index (χ1v) is 9.28. The minimum Gasteiger partial charge on any atom is -0.338 e. The highest BCUT2D eigenvalue weighted by atomic mass is 16.5. The number of nitrogens with one attached hydrogen (secondary N) is 1. The van der Waals surface area contributed by atoms with E-state index in [9.17, 15) is 4.79 Å². The molecule has 0 saturated carbocycles. The van der Waals surface area contributed by atoms with Gasteiger partial charge in [0.15, 0.2) is 0 Å². The van der Waals surface area contributed by atoms with Gasteiger partial charge in [0.05, 0.1) is 6.20 Å². The fraction of sp³-hybridized carbons (Fsp3) is 0.368. The lowest BCUT2D eigenvalue weighted by atomic mass is 9.94. The van der Waals surface area contributed by atoms with Crippen LogP contribution in [0.5, 0.6) is 0 Å². The van der Waals surface area contributed by atoms with E-state index in [1.807, 2.05) is 20.0 Å². The van der Waals surface area contributed by atoms with Gasteiger partial charge in [0.25, 0.3) is 5.89 Å². The third-order valence-electron chi connectivity index (χ3n) is 4.70. The zero-order valence-corrected chi connectivity index (χ0v) is 15.8. The van der Waals surface area contributed by atoms with Crippen molar-refractivity contribution in [3.8, 4) is 23.0 Å². The fourth-order valence-electron chi connectivity index (χ4n) is 3.30. The number of rotatable bonds is 4. The highest BCUT2D eigenvalue weighted by Gasteiger charge is 2.26. The molecule has 0 bridgehead atoms. The number of carbonyl (C=O) groups excluding carboxylic acids is 1. The van der Waals surface area contributed by atoms with Crippen molar-refractivity contribution in [2.75, 3.05) is 13.1 Å². The molecular weight excluding hydrogens is 358 g/mol. The van der Waals surface area contributed by atoms with Crippen LogP contribution in [0.1, 0.15) is 30.2 Å². The van der Waals surface area contributed by atoms with Crippen molar-refractivity contribution in [1.82, 2.24) is 35.3 Å². The van der Waals surface area contributed by atoms with Gasteiger partial charge in [0.2, 0.25) is 5.82 Å². The first-order chi connectivity index (χ1) is 13.7. The molecule has 2 amide bonds. The smallest absolute Gasteiger partial charge is 0.317 e. The third kappa shape index (κ3) is 3.42. The minimum absolute atomic E-state index is 0.0425. The van der Waals surface area contributed by atoms with Crippen molar-refractivity contribution in [2.24, 2.45) is 0 Å². The largest absolute Gasteiger partial charge is 0.338 e. The molecular formula is C19H21N7O2. The van der Waals surface area contributed by atoms with E-state index in [2.05, 4.69) is 30.4 Å². The number of amides is 2. The van der Waals surface area contributed by atoms with Gasteiger partial charge in [-0.1, -0.05) is 12.1 Å². The highest BCUT2D eigenvalue weighted by Crippen LogP contribution is 2.31. The van der Waals surface area contributed by atoms with Crippen LogP contribution in [-0.2, 0) is 13.0 Å². The summed E-state index contributed by atoms with van der Waals surface area (Å²) in [6.45, 7) is 5.78. The van der Waals surface area contributed by atoms with E-state index in [1.165, 1.54) is 0 Å². The van der Waals surface area contributed by atoms with E-state index in [0.717, 1.165) is 28.8 Å². The molecule has 0 spiro atoms. The molecule has 9 heteroatoms. The molecule has 9 nitrogen and oxygen atoms in total. The van der Waals surface area contributed by atoms with Gasteiger partial charge in [0, 0.05) is 49.5 Å². The molecule has 3 aromatic heterocycles. The van der Waals surface area contributed by atoms with Gasteiger partial charge in [0.1, 0.15) is 5.69 Å². The molecule has 1 N–H and O–H groups in total. The van der Waals surface area contributed by atoms with Crippen LogP contribution in [-0.4, -0.2) is 49.1 Å². The summed E-state index contributed by atoms with van der Waals surface area (Å²) in [7, 11) is 0. The summed E-state index contributed by atoms with van der Waals surface area (Å²) in [6.07, 6.45) is 8.20. The summed E-state index contributed by atoms with van der Waals surface area (Å²) in [5.41, 5.74) is 4.33. The van der Waals surface area contributed by atoms with Crippen LogP contribution in [0.15, 0.2) is 29.3 Å². The molecule has 144 valence electrons. The van der Waals surface area contributed by atoms with E-state index in [-0.39, 0.29) is 6.03 Å². The summed E-state index contributed by atoms with van der Waals surface area (Å²) >= 11 is 0. The molecule has 0 atom stereocenters. The second-order valence-electron chi connectivity index (χ2n) is 6.64. The number of pyridine rings is 1. The number of urea groups is 1. The van der Waals surface area contributed by atoms with Crippen LogP contribution in [0.3, 0.4) is 0 Å². The number of carbonyl (C=O) groups is 1. The minimum atomic E-state index is -0.0425. The van der Waals surface area contributed by atoms with Gasteiger partial charge in [-0.3, -0.25) is 9.97 Å². The number of hydrogen-bond donors (Lipinski definition) is 1. The summed E-state index contributed by atoms with van der Waals surface area (Å²) in [5.74, 6) is 0.794. The molecule has 0 aromatic carbocycles. The maximum Gasteiger partial charge on any atom is 0.317 e. The van der Waals surface area contributed by atoms with Gasteiger partial charge < -0.3 is 14.7 Å². The summed E-state index contributed by atoms with van der Waals surface area (Å²) < 4.78 is 5.39. The molecule has 1 aliphatic heterocycles. The Morgan fingerprint density at radius 1 is 1.29 bits per heavy atom. The Labute approximate surface area is 162 Å². The maximum atomic E-state index is 12.3. The van der Waals surface area contributed by atoms with Gasteiger partial charge in [-0.15, -0.1) is 0 Å². The normalized spacial score (nSPS) is 13.3. The van der Waals surface area contributed by atoms with E-state index < -0.39 is 0 Å². The molecule has 0 aliphatic carbocycles. The van der Waals surface area contributed by atoms with Crippen molar-refractivity contribution < 1.29 is 9.32 Å². The van der Waals surface area contributed by atoms with Gasteiger partial charge in [-0.05, 0) is 30.9 Å². The lowest BCUT2D eigenvalue weighted by Crippen LogP contribution is -2.43. The van der Waals surface area contributed by atoms with Crippen LogP contribution in [0, 0.1) is 6.92 Å². The maximum absolute atomic E-state index is 12.3. The molecule has 1 aliphatic rings. The Balaban J connectivity index is 1.64. The van der Waals surface area contributed by atoms with Crippen LogP contribution >= 0.6 is 0 Å². The Morgan fingerprint density at radius 2 is 2.18 bits per heavy atom. The molecule has 0 saturated heterocycles. The average Bonchev–Trinajstić information content (AvgIpc) is 3.22. The number of hydrogen-bond acceptors (Lipinski definition) is 7. The predicted octanol–water partition coefficient (Wildman–Crippen LogP) is 2.37. The summed E-state index contributed by atoms with van der Waals surface area (Å²) in [4.78, 5) is 31.3. The average molecular weight is 379 g/mol. The Hall–Kier alpha value is -3.36. The van der Waals surface area contributed by atoms with Gasteiger partial charge in [-0.25, -0.2) is 9.78 Å². The summed E-state index contributed by atoms with van der Waals surface area (Å²) in [5, 5.41) is 7.07. The topological polar surface area (TPSA) is 110 Å². The molecule has 0 radical (unpaired) electrons. The molecule has 28 heavy (non-hydrogen) atoms. The second-order valence-corrected chi connectivity index (χ2v) is 6.64. The van der Waals surface area contributed by atoms with Crippen LogP contribution in [0.25, 0.3) is 23.0 Å². The first kappa shape index (κ1) is 18.0. The van der Waals surface area contributed by atoms with Crippen LogP contribution in [0.2, 0.25) is 0 Å². The van der Waals surface area contributed by atoms with Crippen molar-refractivity contribution in [1.29, 1.82) is 0 Å². The fourth-order valence-corrected chi connectivity index (χ4v) is 3.30. The standard InChI is InChI=1S/C19H21N7O2/c1-3-5-22-19(27)26-8-4-14-13(11-26)9-23-12(2)16(14)17-24-18(28-25-17)15-10-20-6-7-21-15/h6-7,9-10H,3-5,8,11H2,1-2H3,(H,22,27). The van der Waals surface area contributed by atoms with E-state index in [4.69, 9.17) is 4.52 Å². The van der Waals surface area contributed by atoms with Gasteiger partial charge >= 0.3 is 6.03 Å². The third-order valence-corrected chi connectivity index (χ3v) is 4.70. The summed E-state index contributed by atoms with van der Waals surface area (Å²) in [6, 6.07) is -0.0425. The highest BCUT2D eigenvalue weighted by molar-refractivity contribution is 5.75. The zero-order valence-electron chi connectivity index (χ0n) is 15.8. The van der Waals surface area contributed by atoms with Crippen molar-refractivity contribution in [3.05, 3.63) is 41.6 Å².